The molecule has 1 N–H and O–H groups in total. The zero-order valence-electron chi connectivity index (χ0n) is 10.2. The Bertz CT molecular complexity index is 268. The Hall–Kier alpha value is -0.830. The quantitative estimate of drug-likeness (QED) is 0.746. The van der Waals surface area contributed by atoms with Gasteiger partial charge in [-0.25, -0.2) is 0 Å². The van der Waals surface area contributed by atoms with Crippen molar-refractivity contribution in [3.63, 3.8) is 0 Å². The van der Waals surface area contributed by atoms with Gasteiger partial charge in [-0.05, 0) is 45.7 Å². The molecule has 0 fully saturated rings. The van der Waals surface area contributed by atoms with E-state index in [0.29, 0.717) is 6.04 Å². The Morgan fingerprint density at radius 1 is 1.47 bits per heavy atom. The van der Waals surface area contributed by atoms with E-state index in [1.807, 2.05) is 6.20 Å². The zero-order valence-corrected chi connectivity index (χ0v) is 10.2. The number of nitrogens with zero attached hydrogens (tertiary/aromatic N) is 2. The second-order valence-corrected chi connectivity index (χ2v) is 4.03. The van der Waals surface area contributed by atoms with Crippen LogP contribution in [0.2, 0.25) is 0 Å². The molecule has 0 amide bonds. The van der Waals surface area contributed by atoms with Gasteiger partial charge in [0.05, 0.1) is 0 Å². The number of hydrogen-bond donors (Lipinski definition) is 1. The van der Waals surface area contributed by atoms with Crippen molar-refractivity contribution in [2.45, 2.75) is 52.6 Å². The largest absolute Gasteiger partial charge is 0.314 e. The van der Waals surface area contributed by atoms with E-state index in [-0.39, 0.29) is 0 Å². The molecule has 1 aromatic rings. The highest BCUT2D eigenvalue weighted by atomic mass is 15.3. The van der Waals surface area contributed by atoms with Crippen molar-refractivity contribution in [3.05, 3.63) is 18.0 Å². The maximum absolute atomic E-state index is 4.27. The standard InChI is InChI=1S/C12H23N3/c1-4-9-13-11(3)6-7-12-8-10-14-15(12)5-2/h8,10-11,13H,4-7,9H2,1-3H3. The Kier molecular flexibility index (Phi) is 5.40. The fraction of sp³-hybridized carbons (Fsp3) is 0.750. The van der Waals surface area contributed by atoms with Crippen LogP contribution in [0.15, 0.2) is 12.3 Å². The minimum Gasteiger partial charge on any atom is -0.314 e. The molecule has 0 aromatic carbocycles. The molecular weight excluding hydrogens is 186 g/mol. The third kappa shape index (κ3) is 4.04. The maximum Gasteiger partial charge on any atom is 0.0492 e. The summed E-state index contributed by atoms with van der Waals surface area (Å²) >= 11 is 0. The summed E-state index contributed by atoms with van der Waals surface area (Å²) in [7, 11) is 0. The van der Waals surface area contributed by atoms with E-state index in [4.69, 9.17) is 0 Å². The van der Waals surface area contributed by atoms with E-state index >= 15 is 0 Å². The molecular formula is C12H23N3. The van der Waals surface area contributed by atoms with Crippen molar-refractivity contribution >= 4 is 0 Å². The molecule has 0 radical (unpaired) electrons. The Labute approximate surface area is 92.9 Å². The minimum absolute atomic E-state index is 0.602. The molecule has 1 rings (SSSR count). The number of aromatic nitrogens is 2. The van der Waals surface area contributed by atoms with Gasteiger partial charge in [-0.2, -0.15) is 5.10 Å². The highest BCUT2D eigenvalue weighted by molar-refractivity contribution is 5.00. The predicted molar refractivity (Wildman–Crippen MR) is 64.0 cm³/mol. The molecule has 0 aliphatic carbocycles. The van der Waals surface area contributed by atoms with Gasteiger partial charge in [0, 0.05) is 24.5 Å². The van der Waals surface area contributed by atoms with Crippen LogP contribution in [0.1, 0.15) is 39.3 Å². The molecule has 0 saturated carbocycles. The van der Waals surface area contributed by atoms with Crippen molar-refractivity contribution in [1.29, 1.82) is 0 Å². The Morgan fingerprint density at radius 2 is 2.27 bits per heavy atom. The van der Waals surface area contributed by atoms with Crippen LogP contribution >= 0.6 is 0 Å². The second kappa shape index (κ2) is 6.62. The van der Waals surface area contributed by atoms with Gasteiger partial charge in [0.2, 0.25) is 0 Å². The molecule has 1 unspecified atom stereocenters. The van der Waals surface area contributed by atoms with Crippen LogP contribution in [0.25, 0.3) is 0 Å². The van der Waals surface area contributed by atoms with Crippen LogP contribution in [-0.2, 0) is 13.0 Å². The lowest BCUT2D eigenvalue weighted by atomic mass is 10.1. The van der Waals surface area contributed by atoms with Crippen molar-refractivity contribution in [2.24, 2.45) is 0 Å². The highest BCUT2D eigenvalue weighted by Gasteiger charge is 2.04. The van der Waals surface area contributed by atoms with E-state index in [1.54, 1.807) is 0 Å². The summed E-state index contributed by atoms with van der Waals surface area (Å²) in [6.07, 6.45) is 5.40. The Morgan fingerprint density at radius 3 is 2.93 bits per heavy atom. The maximum atomic E-state index is 4.27. The molecule has 0 aliphatic rings. The minimum atomic E-state index is 0.602. The molecule has 1 aromatic heterocycles. The van der Waals surface area contributed by atoms with E-state index in [1.165, 1.54) is 18.5 Å². The average molecular weight is 209 g/mol. The third-order valence-electron chi connectivity index (χ3n) is 2.68. The van der Waals surface area contributed by atoms with Crippen LogP contribution in [0, 0.1) is 0 Å². The summed E-state index contributed by atoms with van der Waals surface area (Å²) in [5.74, 6) is 0. The number of rotatable bonds is 7. The van der Waals surface area contributed by atoms with Crippen molar-refractivity contribution < 1.29 is 0 Å². The molecule has 86 valence electrons. The van der Waals surface area contributed by atoms with Gasteiger partial charge in [-0.3, -0.25) is 4.68 Å². The highest BCUT2D eigenvalue weighted by Crippen LogP contribution is 2.05. The molecule has 0 aliphatic heterocycles. The lowest BCUT2D eigenvalue weighted by molar-refractivity contribution is 0.500. The first kappa shape index (κ1) is 12.2. The molecule has 0 spiro atoms. The Balaban J connectivity index is 2.30. The molecule has 1 atom stereocenters. The van der Waals surface area contributed by atoms with E-state index < -0.39 is 0 Å². The van der Waals surface area contributed by atoms with Crippen molar-refractivity contribution in [3.8, 4) is 0 Å². The lowest BCUT2D eigenvalue weighted by Gasteiger charge is -2.13. The average Bonchev–Trinajstić information content (AvgIpc) is 2.70. The summed E-state index contributed by atoms with van der Waals surface area (Å²) in [5.41, 5.74) is 1.35. The number of nitrogens with one attached hydrogen (secondary N) is 1. The van der Waals surface area contributed by atoms with Gasteiger partial charge in [0.1, 0.15) is 0 Å². The predicted octanol–water partition coefficient (Wildman–Crippen LogP) is 2.22. The summed E-state index contributed by atoms with van der Waals surface area (Å²) in [4.78, 5) is 0. The second-order valence-electron chi connectivity index (χ2n) is 4.03. The monoisotopic (exact) mass is 209 g/mol. The van der Waals surface area contributed by atoms with Crippen LogP contribution in [0.4, 0.5) is 0 Å². The van der Waals surface area contributed by atoms with Crippen LogP contribution in [0.5, 0.6) is 0 Å². The van der Waals surface area contributed by atoms with Crippen LogP contribution < -0.4 is 5.32 Å². The van der Waals surface area contributed by atoms with Crippen LogP contribution in [0.3, 0.4) is 0 Å². The van der Waals surface area contributed by atoms with Crippen LogP contribution in [-0.4, -0.2) is 22.4 Å². The van der Waals surface area contributed by atoms with Gasteiger partial charge < -0.3 is 5.32 Å². The summed E-state index contributed by atoms with van der Waals surface area (Å²) in [6.45, 7) is 8.68. The summed E-state index contributed by atoms with van der Waals surface area (Å²) < 4.78 is 2.08. The van der Waals surface area contributed by atoms with E-state index in [9.17, 15) is 0 Å². The lowest BCUT2D eigenvalue weighted by Crippen LogP contribution is -2.27. The fourth-order valence-corrected chi connectivity index (χ4v) is 1.71. The summed E-state index contributed by atoms with van der Waals surface area (Å²) in [6, 6.07) is 2.72. The first-order valence-electron chi connectivity index (χ1n) is 6.02. The zero-order chi connectivity index (χ0) is 11.1. The molecule has 3 nitrogen and oxygen atoms in total. The molecule has 0 bridgehead atoms. The van der Waals surface area contributed by atoms with Gasteiger partial charge in [0.25, 0.3) is 0 Å². The number of aryl methyl sites for hydroxylation is 2. The van der Waals surface area contributed by atoms with E-state index in [0.717, 1.165) is 19.5 Å². The number of hydrogen-bond acceptors (Lipinski definition) is 2. The fourth-order valence-electron chi connectivity index (χ4n) is 1.71. The first-order valence-corrected chi connectivity index (χ1v) is 6.02. The molecule has 3 heteroatoms. The van der Waals surface area contributed by atoms with Crippen molar-refractivity contribution in [1.82, 2.24) is 15.1 Å². The molecule has 1 heterocycles. The molecule has 0 saturated heterocycles. The molecule has 15 heavy (non-hydrogen) atoms. The third-order valence-corrected chi connectivity index (χ3v) is 2.68. The summed E-state index contributed by atoms with van der Waals surface area (Å²) in [5, 5.41) is 7.77. The van der Waals surface area contributed by atoms with Gasteiger partial charge in [0.15, 0.2) is 0 Å². The smallest absolute Gasteiger partial charge is 0.0492 e. The SMILES string of the molecule is CCCNC(C)CCc1ccnn1CC. The first-order chi connectivity index (χ1) is 7.27. The normalized spacial score (nSPS) is 13.0. The van der Waals surface area contributed by atoms with Gasteiger partial charge in [-0.15, -0.1) is 0 Å². The van der Waals surface area contributed by atoms with Gasteiger partial charge in [-0.1, -0.05) is 6.92 Å². The van der Waals surface area contributed by atoms with E-state index in [2.05, 4.69) is 41.9 Å². The topological polar surface area (TPSA) is 29.9 Å². The van der Waals surface area contributed by atoms with Gasteiger partial charge >= 0.3 is 0 Å². The van der Waals surface area contributed by atoms with Crippen molar-refractivity contribution in [2.75, 3.05) is 6.54 Å².